The van der Waals surface area contributed by atoms with Crippen molar-refractivity contribution in [3.63, 3.8) is 0 Å². The van der Waals surface area contributed by atoms with E-state index in [1.165, 1.54) is 18.7 Å². The Hall–Kier alpha value is -1.29. The number of hydrogen-bond donors (Lipinski definition) is 1. The summed E-state index contributed by atoms with van der Waals surface area (Å²) in [5.74, 6) is 0.225. The number of amides is 1. The lowest BCUT2D eigenvalue weighted by atomic mass is 10.2. The van der Waals surface area contributed by atoms with E-state index in [4.69, 9.17) is 5.73 Å². The van der Waals surface area contributed by atoms with Crippen molar-refractivity contribution >= 4 is 23.5 Å². The smallest absolute Gasteiger partial charge is 0.221 e. The van der Waals surface area contributed by atoms with E-state index in [0.717, 1.165) is 4.90 Å². The molecule has 0 fully saturated rings. The van der Waals surface area contributed by atoms with Crippen LogP contribution in [0.2, 0.25) is 0 Å². The average molecular weight is 237 g/mol. The van der Waals surface area contributed by atoms with Gasteiger partial charge in [0.2, 0.25) is 5.91 Å². The van der Waals surface area contributed by atoms with Crippen LogP contribution in [0.4, 0.5) is 0 Å². The third-order valence-electron chi connectivity index (χ3n) is 2.23. The summed E-state index contributed by atoms with van der Waals surface area (Å²) in [7, 11) is 0. The molecule has 0 aliphatic carbocycles. The third-order valence-corrected chi connectivity index (χ3v) is 3.48. The number of primary amides is 1. The molecule has 1 rings (SSSR count). The van der Waals surface area contributed by atoms with Crippen molar-refractivity contribution in [2.24, 2.45) is 11.7 Å². The number of carbonyl (C=O) groups is 2. The molecule has 1 unspecified atom stereocenters. The van der Waals surface area contributed by atoms with Gasteiger partial charge in [-0.1, -0.05) is 19.1 Å². The largest absolute Gasteiger partial charge is 0.369 e. The topological polar surface area (TPSA) is 60.2 Å². The minimum Gasteiger partial charge on any atom is -0.369 e. The fourth-order valence-corrected chi connectivity index (χ4v) is 2.10. The van der Waals surface area contributed by atoms with Crippen molar-refractivity contribution in [3.8, 4) is 0 Å². The van der Waals surface area contributed by atoms with Gasteiger partial charge in [-0.25, -0.2) is 0 Å². The molecule has 1 aromatic carbocycles. The second-order valence-corrected chi connectivity index (χ2v) is 4.79. The minimum atomic E-state index is -0.296. The first-order valence-corrected chi connectivity index (χ1v) is 6.02. The molecule has 1 amide bonds. The van der Waals surface area contributed by atoms with Crippen LogP contribution in [0, 0.1) is 5.92 Å². The van der Waals surface area contributed by atoms with Crippen LogP contribution >= 0.6 is 11.8 Å². The van der Waals surface area contributed by atoms with Crippen LogP contribution in [0.5, 0.6) is 0 Å². The molecule has 86 valence electrons. The van der Waals surface area contributed by atoms with Gasteiger partial charge in [-0.3, -0.25) is 9.59 Å². The summed E-state index contributed by atoms with van der Waals surface area (Å²) < 4.78 is 0. The number of hydrogen-bond acceptors (Lipinski definition) is 3. The zero-order valence-corrected chi connectivity index (χ0v) is 10.2. The number of nitrogens with two attached hydrogens (primary N) is 1. The molecule has 0 spiro atoms. The van der Waals surface area contributed by atoms with Crippen molar-refractivity contribution in [1.29, 1.82) is 0 Å². The van der Waals surface area contributed by atoms with Crippen LogP contribution < -0.4 is 5.73 Å². The molecule has 0 bridgehead atoms. The van der Waals surface area contributed by atoms with Gasteiger partial charge >= 0.3 is 0 Å². The molecule has 0 radical (unpaired) electrons. The van der Waals surface area contributed by atoms with Crippen LogP contribution in [0.1, 0.15) is 24.2 Å². The Morgan fingerprint density at radius 3 is 2.69 bits per heavy atom. The SMILES string of the molecule is CC(=O)c1cccc(SCC(C)C(N)=O)c1. The van der Waals surface area contributed by atoms with E-state index in [0.29, 0.717) is 11.3 Å². The van der Waals surface area contributed by atoms with E-state index < -0.39 is 0 Å². The molecular formula is C12H15NO2S. The maximum absolute atomic E-state index is 11.2. The van der Waals surface area contributed by atoms with Crippen LogP contribution in [0.3, 0.4) is 0 Å². The number of benzene rings is 1. The fourth-order valence-electron chi connectivity index (χ4n) is 1.11. The Morgan fingerprint density at radius 2 is 2.12 bits per heavy atom. The zero-order valence-electron chi connectivity index (χ0n) is 9.40. The molecule has 16 heavy (non-hydrogen) atoms. The summed E-state index contributed by atoms with van der Waals surface area (Å²) >= 11 is 1.54. The van der Waals surface area contributed by atoms with Crippen molar-refractivity contribution in [2.45, 2.75) is 18.7 Å². The van der Waals surface area contributed by atoms with Gasteiger partial charge < -0.3 is 5.73 Å². The van der Waals surface area contributed by atoms with E-state index in [2.05, 4.69) is 0 Å². The standard InChI is InChI=1S/C12H15NO2S/c1-8(12(13)15)7-16-11-5-3-4-10(6-11)9(2)14/h3-6,8H,7H2,1-2H3,(H2,13,15). The molecule has 4 heteroatoms. The van der Waals surface area contributed by atoms with E-state index in [9.17, 15) is 9.59 Å². The molecule has 1 atom stereocenters. The van der Waals surface area contributed by atoms with Gasteiger partial charge in [-0.2, -0.15) is 0 Å². The molecule has 0 aliphatic heterocycles. The number of ketones is 1. The van der Waals surface area contributed by atoms with Crippen LogP contribution in [0.15, 0.2) is 29.2 Å². The average Bonchev–Trinajstić information content (AvgIpc) is 2.26. The van der Waals surface area contributed by atoms with Crippen LogP contribution in [-0.2, 0) is 4.79 Å². The van der Waals surface area contributed by atoms with Gasteiger partial charge in [0.1, 0.15) is 0 Å². The van der Waals surface area contributed by atoms with Crippen LogP contribution in [0.25, 0.3) is 0 Å². The van der Waals surface area contributed by atoms with Crippen molar-refractivity contribution in [1.82, 2.24) is 0 Å². The van der Waals surface area contributed by atoms with E-state index in [1.807, 2.05) is 18.2 Å². The first-order chi connectivity index (χ1) is 7.50. The number of thioether (sulfide) groups is 1. The number of rotatable bonds is 5. The van der Waals surface area contributed by atoms with Crippen molar-refractivity contribution in [2.75, 3.05) is 5.75 Å². The fraction of sp³-hybridized carbons (Fsp3) is 0.333. The highest BCUT2D eigenvalue weighted by molar-refractivity contribution is 7.99. The summed E-state index contributed by atoms with van der Waals surface area (Å²) in [6.07, 6.45) is 0. The number of carbonyl (C=O) groups excluding carboxylic acids is 2. The Labute approximate surface area is 99.4 Å². The van der Waals surface area contributed by atoms with Gasteiger partial charge in [0.05, 0.1) is 0 Å². The summed E-state index contributed by atoms with van der Waals surface area (Å²) in [5, 5.41) is 0. The predicted octanol–water partition coefficient (Wildman–Crippen LogP) is 2.10. The lowest BCUT2D eigenvalue weighted by Crippen LogP contribution is -2.22. The van der Waals surface area contributed by atoms with E-state index >= 15 is 0 Å². The highest BCUT2D eigenvalue weighted by Gasteiger charge is 2.09. The zero-order chi connectivity index (χ0) is 12.1. The maximum Gasteiger partial charge on any atom is 0.221 e. The van der Waals surface area contributed by atoms with E-state index in [-0.39, 0.29) is 17.6 Å². The summed E-state index contributed by atoms with van der Waals surface area (Å²) in [6, 6.07) is 7.38. The molecule has 0 aliphatic rings. The molecular weight excluding hydrogens is 222 g/mol. The monoisotopic (exact) mass is 237 g/mol. The Balaban J connectivity index is 2.64. The third kappa shape index (κ3) is 3.70. The lowest BCUT2D eigenvalue weighted by Gasteiger charge is -2.07. The Morgan fingerprint density at radius 1 is 1.44 bits per heavy atom. The van der Waals surface area contributed by atoms with Crippen molar-refractivity contribution in [3.05, 3.63) is 29.8 Å². The number of Topliss-reactive ketones (excluding diaryl/α,β-unsaturated/α-hetero) is 1. The normalized spacial score (nSPS) is 12.1. The summed E-state index contributed by atoms with van der Waals surface area (Å²) in [5.41, 5.74) is 5.86. The molecule has 1 aromatic rings. The molecule has 0 saturated carbocycles. The van der Waals surface area contributed by atoms with E-state index in [1.54, 1.807) is 13.0 Å². The first-order valence-electron chi connectivity index (χ1n) is 5.04. The highest BCUT2D eigenvalue weighted by Crippen LogP contribution is 2.21. The Kier molecular flexibility index (Phi) is 4.55. The summed E-state index contributed by atoms with van der Waals surface area (Å²) in [6.45, 7) is 3.33. The maximum atomic E-state index is 11.2. The molecule has 0 saturated heterocycles. The predicted molar refractivity (Wildman–Crippen MR) is 65.5 cm³/mol. The second-order valence-electron chi connectivity index (χ2n) is 3.70. The summed E-state index contributed by atoms with van der Waals surface area (Å²) in [4.78, 5) is 23.0. The molecule has 0 heterocycles. The van der Waals surface area contributed by atoms with Gasteiger partial charge in [0, 0.05) is 22.1 Å². The van der Waals surface area contributed by atoms with Crippen molar-refractivity contribution < 1.29 is 9.59 Å². The molecule has 3 nitrogen and oxygen atoms in total. The molecule has 2 N–H and O–H groups in total. The molecule has 0 aromatic heterocycles. The second kappa shape index (κ2) is 5.70. The lowest BCUT2D eigenvalue weighted by molar-refractivity contribution is -0.120. The quantitative estimate of drug-likeness (QED) is 0.630. The minimum absolute atomic E-state index is 0.0467. The van der Waals surface area contributed by atoms with Gasteiger partial charge in [-0.05, 0) is 19.1 Å². The van der Waals surface area contributed by atoms with Gasteiger partial charge in [0.25, 0.3) is 0 Å². The van der Waals surface area contributed by atoms with Gasteiger partial charge in [-0.15, -0.1) is 11.8 Å². The Bertz CT molecular complexity index is 404. The first kappa shape index (κ1) is 12.8. The highest BCUT2D eigenvalue weighted by atomic mass is 32.2. The van der Waals surface area contributed by atoms with Gasteiger partial charge in [0.15, 0.2) is 5.78 Å². The van der Waals surface area contributed by atoms with Crippen LogP contribution in [-0.4, -0.2) is 17.4 Å².